The highest BCUT2D eigenvalue weighted by Crippen LogP contribution is 2.23. The summed E-state index contributed by atoms with van der Waals surface area (Å²) < 4.78 is 40.6. The van der Waals surface area contributed by atoms with Gasteiger partial charge in [-0.3, -0.25) is 4.90 Å². The second kappa shape index (κ2) is 8.45. The van der Waals surface area contributed by atoms with Crippen LogP contribution in [0, 0.1) is 5.82 Å². The highest BCUT2D eigenvalue weighted by Gasteiger charge is 2.28. The Morgan fingerprint density at radius 3 is 1.93 bits per heavy atom. The van der Waals surface area contributed by atoms with Crippen LogP contribution >= 0.6 is 0 Å². The fraction of sp³-hybridized carbons (Fsp3) is 0.217. The monoisotopic (exact) mass is 410 g/mol. The maximum atomic E-state index is 13.0. The van der Waals surface area contributed by atoms with Crippen molar-refractivity contribution in [2.24, 2.45) is 0 Å². The lowest BCUT2D eigenvalue weighted by Gasteiger charge is -2.34. The summed E-state index contributed by atoms with van der Waals surface area (Å²) >= 11 is 0. The number of piperazine rings is 1. The summed E-state index contributed by atoms with van der Waals surface area (Å²) in [7, 11) is -3.51. The van der Waals surface area contributed by atoms with Gasteiger partial charge in [-0.05, 0) is 41.0 Å². The lowest BCUT2D eigenvalue weighted by molar-refractivity contribution is 0.181. The van der Waals surface area contributed by atoms with Crippen LogP contribution in [-0.4, -0.2) is 43.8 Å². The van der Waals surface area contributed by atoms with Crippen molar-refractivity contribution >= 4 is 10.0 Å². The van der Waals surface area contributed by atoms with Gasteiger partial charge < -0.3 is 0 Å². The van der Waals surface area contributed by atoms with Crippen LogP contribution in [0.5, 0.6) is 0 Å². The molecule has 150 valence electrons. The molecule has 4 rings (SSSR count). The minimum absolute atomic E-state index is 0.247. The van der Waals surface area contributed by atoms with Gasteiger partial charge in [0, 0.05) is 32.7 Å². The van der Waals surface area contributed by atoms with Crippen molar-refractivity contribution in [3.63, 3.8) is 0 Å². The van der Waals surface area contributed by atoms with Crippen molar-refractivity contribution in [3.8, 4) is 11.1 Å². The van der Waals surface area contributed by atoms with E-state index in [1.54, 1.807) is 28.6 Å². The highest BCUT2D eigenvalue weighted by atomic mass is 32.2. The molecule has 6 heteroatoms. The minimum atomic E-state index is -3.51. The van der Waals surface area contributed by atoms with E-state index in [0.29, 0.717) is 37.6 Å². The Bertz CT molecular complexity index is 1040. The van der Waals surface area contributed by atoms with E-state index < -0.39 is 10.0 Å². The van der Waals surface area contributed by atoms with Gasteiger partial charge in [-0.25, -0.2) is 12.8 Å². The molecule has 1 aliphatic rings. The van der Waals surface area contributed by atoms with Gasteiger partial charge >= 0.3 is 0 Å². The van der Waals surface area contributed by atoms with Crippen LogP contribution in [0.2, 0.25) is 0 Å². The van der Waals surface area contributed by atoms with Crippen molar-refractivity contribution in [2.75, 3.05) is 26.2 Å². The molecule has 0 N–H and O–H groups in total. The quantitative estimate of drug-likeness (QED) is 0.638. The smallest absolute Gasteiger partial charge is 0.243 e. The number of sulfonamides is 1. The summed E-state index contributed by atoms with van der Waals surface area (Å²) in [4.78, 5) is 2.52. The van der Waals surface area contributed by atoms with Crippen LogP contribution in [0.25, 0.3) is 11.1 Å². The first kappa shape index (κ1) is 19.8. The molecule has 0 atom stereocenters. The summed E-state index contributed by atoms with van der Waals surface area (Å²) in [6.45, 7) is 2.89. The van der Waals surface area contributed by atoms with E-state index in [0.717, 1.165) is 16.7 Å². The van der Waals surface area contributed by atoms with Crippen molar-refractivity contribution in [1.82, 2.24) is 9.21 Å². The maximum Gasteiger partial charge on any atom is 0.243 e. The third-order valence-electron chi connectivity index (χ3n) is 5.25. The molecular weight excluding hydrogens is 387 g/mol. The number of benzene rings is 3. The molecule has 1 aliphatic heterocycles. The van der Waals surface area contributed by atoms with Gasteiger partial charge in [0.25, 0.3) is 0 Å². The molecule has 0 amide bonds. The molecule has 29 heavy (non-hydrogen) atoms. The topological polar surface area (TPSA) is 40.6 Å². The van der Waals surface area contributed by atoms with E-state index in [9.17, 15) is 12.8 Å². The molecule has 1 saturated heterocycles. The average Bonchev–Trinajstić information content (AvgIpc) is 2.76. The van der Waals surface area contributed by atoms with E-state index in [-0.39, 0.29) is 5.82 Å². The minimum Gasteiger partial charge on any atom is -0.296 e. The van der Waals surface area contributed by atoms with Gasteiger partial charge in [-0.1, -0.05) is 54.6 Å². The molecule has 0 radical (unpaired) electrons. The van der Waals surface area contributed by atoms with Crippen molar-refractivity contribution in [3.05, 3.63) is 90.2 Å². The first-order valence-electron chi connectivity index (χ1n) is 9.65. The SMILES string of the molecule is O=S(=O)(c1ccc(-c2ccccc2)cc1)N1CCN(Cc2ccc(F)cc2)CC1. The van der Waals surface area contributed by atoms with E-state index in [4.69, 9.17) is 0 Å². The predicted octanol–water partition coefficient (Wildman–Crippen LogP) is 4.00. The van der Waals surface area contributed by atoms with E-state index >= 15 is 0 Å². The van der Waals surface area contributed by atoms with Gasteiger partial charge in [0.05, 0.1) is 4.90 Å². The van der Waals surface area contributed by atoms with Crippen LogP contribution in [0.15, 0.2) is 83.8 Å². The normalized spacial score (nSPS) is 16.0. The van der Waals surface area contributed by atoms with Gasteiger partial charge in [0.15, 0.2) is 0 Å². The predicted molar refractivity (Wildman–Crippen MR) is 112 cm³/mol. The second-order valence-electron chi connectivity index (χ2n) is 7.20. The zero-order valence-electron chi connectivity index (χ0n) is 16.0. The molecule has 4 nitrogen and oxygen atoms in total. The molecule has 0 aromatic heterocycles. The van der Waals surface area contributed by atoms with Gasteiger partial charge in [0.2, 0.25) is 10.0 Å². The fourth-order valence-electron chi connectivity index (χ4n) is 3.58. The molecule has 0 bridgehead atoms. The zero-order valence-corrected chi connectivity index (χ0v) is 16.9. The standard InChI is InChI=1S/C23H23FN2O2S/c24-22-10-6-19(7-11-22)18-25-14-16-26(17-15-25)29(27,28)23-12-8-21(9-13-23)20-4-2-1-3-5-20/h1-13H,14-18H2. The Hall–Kier alpha value is -2.54. The van der Waals surface area contributed by atoms with Crippen LogP contribution in [0.1, 0.15) is 5.56 Å². The summed E-state index contributed by atoms with van der Waals surface area (Å²) in [6, 6.07) is 23.4. The highest BCUT2D eigenvalue weighted by molar-refractivity contribution is 7.89. The van der Waals surface area contributed by atoms with E-state index in [1.165, 1.54) is 12.1 Å². The molecule has 0 spiro atoms. The molecular formula is C23H23FN2O2S. The number of rotatable bonds is 5. The largest absolute Gasteiger partial charge is 0.296 e. The fourth-order valence-corrected chi connectivity index (χ4v) is 5.00. The van der Waals surface area contributed by atoms with Gasteiger partial charge in [-0.15, -0.1) is 0 Å². The number of hydrogen-bond donors (Lipinski definition) is 0. The Morgan fingerprint density at radius 2 is 1.31 bits per heavy atom. The number of hydrogen-bond acceptors (Lipinski definition) is 3. The lowest BCUT2D eigenvalue weighted by Crippen LogP contribution is -2.48. The summed E-state index contributed by atoms with van der Waals surface area (Å²) in [5, 5.41) is 0. The Morgan fingerprint density at radius 1 is 0.724 bits per heavy atom. The number of nitrogens with zero attached hydrogens (tertiary/aromatic N) is 2. The summed E-state index contributed by atoms with van der Waals surface area (Å²) in [5.41, 5.74) is 3.08. The second-order valence-corrected chi connectivity index (χ2v) is 9.14. The van der Waals surface area contributed by atoms with Crippen LogP contribution in [-0.2, 0) is 16.6 Å². The van der Waals surface area contributed by atoms with Crippen molar-refractivity contribution in [1.29, 1.82) is 0 Å². The average molecular weight is 411 g/mol. The third kappa shape index (κ3) is 4.56. The van der Waals surface area contributed by atoms with Crippen molar-refractivity contribution in [2.45, 2.75) is 11.4 Å². The van der Waals surface area contributed by atoms with Crippen LogP contribution in [0.4, 0.5) is 4.39 Å². The molecule has 3 aromatic rings. The van der Waals surface area contributed by atoms with Gasteiger partial charge in [-0.2, -0.15) is 4.31 Å². The lowest BCUT2D eigenvalue weighted by atomic mass is 10.1. The molecule has 0 unspecified atom stereocenters. The first-order valence-corrected chi connectivity index (χ1v) is 11.1. The maximum absolute atomic E-state index is 13.0. The number of halogens is 1. The van der Waals surface area contributed by atoms with Crippen molar-refractivity contribution < 1.29 is 12.8 Å². The molecule has 3 aromatic carbocycles. The third-order valence-corrected chi connectivity index (χ3v) is 7.16. The Kier molecular flexibility index (Phi) is 5.76. The van der Waals surface area contributed by atoms with Crippen LogP contribution in [0.3, 0.4) is 0 Å². The van der Waals surface area contributed by atoms with Crippen LogP contribution < -0.4 is 0 Å². The zero-order chi connectivity index (χ0) is 20.3. The Labute approximate surface area is 171 Å². The summed E-state index contributed by atoms with van der Waals surface area (Å²) in [5.74, 6) is -0.247. The molecule has 1 heterocycles. The van der Waals surface area contributed by atoms with Gasteiger partial charge in [0.1, 0.15) is 5.82 Å². The van der Waals surface area contributed by atoms with E-state index in [1.807, 2.05) is 42.5 Å². The molecule has 1 fully saturated rings. The first-order chi connectivity index (χ1) is 14.0. The Balaban J connectivity index is 1.40. The summed E-state index contributed by atoms with van der Waals surface area (Å²) in [6.07, 6.45) is 0. The molecule has 0 aliphatic carbocycles. The van der Waals surface area contributed by atoms with E-state index in [2.05, 4.69) is 4.90 Å². The molecule has 0 saturated carbocycles.